The standard InChI is InChI=1S/C27H33NO6.C20H25NO3/c1-25(2,3)34-24(31)28-21(17-27(6)22(29)32-26(4,5)33-23(27)30)16-18-12-14-20(15-13-18)19-10-8-7-9-11-19;1-20(14-22,19(23)24)13-18(21-2)12-15-8-10-17(11-9-15)16-6-4-3-5-7-16/h7-15,21H,16-17H2,1-6H3,(H,28,31);3-11,18,21-22H,12-14H2,1-2H3,(H,23,24)/t21-;18-,20+/m11/s1. The van der Waals surface area contributed by atoms with Crippen molar-refractivity contribution in [3.63, 3.8) is 0 Å². The number of esters is 2. The van der Waals surface area contributed by atoms with E-state index in [2.05, 4.69) is 47.0 Å². The Hall–Kier alpha value is -5.52. The Bertz CT molecular complexity index is 1950. The Balaban J connectivity index is 0.000000273. The fraction of sp³-hybridized carbons (Fsp3) is 0.404. The number of hydrogen-bond donors (Lipinski definition) is 4. The van der Waals surface area contributed by atoms with Crippen LogP contribution >= 0.6 is 0 Å². The molecule has 0 saturated carbocycles. The SMILES string of the molecule is CC(C)(C)OC(=O)N[C@H](Cc1ccc(-c2ccccc2)cc1)CC1(C)C(=O)OC(C)(C)OC1=O.CN[C@H](Cc1ccc(-c2ccccc2)cc1)C[C@@](C)(CO)C(=O)O. The summed E-state index contributed by atoms with van der Waals surface area (Å²) in [6.45, 7) is 11.0. The number of carboxylic acid groups (broad SMARTS) is 1. The van der Waals surface area contributed by atoms with Gasteiger partial charge in [0.05, 0.1) is 12.0 Å². The number of carbonyl (C=O) groups excluding carboxylic acids is 3. The van der Waals surface area contributed by atoms with E-state index in [-0.39, 0.29) is 19.1 Å². The number of rotatable bonds is 14. The maximum Gasteiger partial charge on any atom is 0.407 e. The van der Waals surface area contributed by atoms with Crippen LogP contribution in [-0.2, 0) is 41.4 Å². The van der Waals surface area contributed by atoms with Gasteiger partial charge < -0.3 is 35.1 Å². The molecule has 310 valence electrons. The maximum absolute atomic E-state index is 12.8. The van der Waals surface area contributed by atoms with Gasteiger partial charge in [-0.2, -0.15) is 0 Å². The number of ether oxygens (including phenoxy) is 3. The maximum atomic E-state index is 12.8. The van der Waals surface area contributed by atoms with Gasteiger partial charge in [0.2, 0.25) is 0 Å². The predicted molar refractivity (Wildman–Crippen MR) is 224 cm³/mol. The van der Waals surface area contributed by atoms with Crippen molar-refractivity contribution in [2.24, 2.45) is 10.8 Å². The minimum absolute atomic E-state index is 0.000423. The number of aliphatic carboxylic acids is 1. The van der Waals surface area contributed by atoms with Gasteiger partial charge in [0, 0.05) is 25.9 Å². The molecular formula is C47H58N2O9. The first-order chi connectivity index (χ1) is 27.3. The number of amides is 1. The van der Waals surface area contributed by atoms with Crippen LogP contribution in [0, 0.1) is 10.8 Å². The van der Waals surface area contributed by atoms with Crippen LogP contribution in [0.25, 0.3) is 22.3 Å². The third-order valence-corrected chi connectivity index (χ3v) is 10.0. The summed E-state index contributed by atoms with van der Waals surface area (Å²) in [6, 6.07) is 35.8. The van der Waals surface area contributed by atoms with E-state index < -0.39 is 52.3 Å². The molecule has 1 saturated heterocycles. The van der Waals surface area contributed by atoms with E-state index in [0.29, 0.717) is 19.3 Å². The summed E-state index contributed by atoms with van der Waals surface area (Å²) in [4.78, 5) is 49.5. The zero-order valence-corrected chi connectivity index (χ0v) is 34.8. The predicted octanol–water partition coefficient (Wildman–Crippen LogP) is 7.98. The van der Waals surface area contributed by atoms with Gasteiger partial charge in [-0.15, -0.1) is 0 Å². The number of benzene rings is 4. The van der Waals surface area contributed by atoms with Gasteiger partial charge in [-0.1, -0.05) is 109 Å². The van der Waals surface area contributed by atoms with Gasteiger partial charge in [0.25, 0.3) is 5.79 Å². The van der Waals surface area contributed by atoms with Crippen molar-refractivity contribution < 1.29 is 43.6 Å². The second-order valence-corrected chi connectivity index (χ2v) is 16.8. The van der Waals surface area contributed by atoms with Crippen LogP contribution in [0.3, 0.4) is 0 Å². The molecule has 4 N–H and O–H groups in total. The Labute approximate surface area is 342 Å². The first kappa shape index (κ1) is 45.2. The monoisotopic (exact) mass is 794 g/mol. The normalized spacial score (nSPS) is 16.6. The lowest BCUT2D eigenvalue weighted by molar-refractivity contribution is -0.250. The van der Waals surface area contributed by atoms with Crippen molar-refractivity contribution in [3.05, 3.63) is 120 Å². The smallest absolute Gasteiger partial charge is 0.407 e. The second-order valence-electron chi connectivity index (χ2n) is 16.8. The molecule has 0 radical (unpaired) electrons. The number of cyclic esters (lactones) is 2. The van der Waals surface area contributed by atoms with Crippen molar-refractivity contribution >= 4 is 24.0 Å². The average Bonchev–Trinajstić information content (AvgIpc) is 3.17. The van der Waals surface area contributed by atoms with Crippen molar-refractivity contribution in [3.8, 4) is 22.3 Å². The second kappa shape index (κ2) is 19.3. The minimum Gasteiger partial charge on any atom is -0.481 e. The Kier molecular flexibility index (Phi) is 15.0. The van der Waals surface area contributed by atoms with Crippen LogP contribution < -0.4 is 10.6 Å². The highest BCUT2D eigenvalue weighted by molar-refractivity contribution is 6.01. The molecule has 4 aromatic carbocycles. The molecule has 5 rings (SSSR count). The van der Waals surface area contributed by atoms with Crippen LogP contribution in [0.2, 0.25) is 0 Å². The third kappa shape index (κ3) is 12.7. The number of carbonyl (C=O) groups is 4. The summed E-state index contributed by atoms with van der Waals surface area (Å²) in [7, 11) is 1.82. The largest absolute Gasteiger partial charge is 0.481 e. The van der Waals surface area contributed by atoms with E-state index in [1.54, 1.807) is 27.7 Å². The molecule has 0 aliphatic carbocycles. The first-order valence-electron chi connectivity index (χ1n) is 19.5. The molecule has 0 aromatic heterocycles. The highest BCUT2D eigenvalue weighted by Crippen LogP contribution is 2.36. The number of aliphatic hydroxyl groups is 1. The molecule has 0 spiro atoms. The zero-order valence-electron chi connectivity index (χ0n) is 34.8. The van der Waals surface area contributed by atoms with E-state index in [1.807, 2.05) is 79.8 Å². The van der Waals surface area contributed by atoms with E-state index in [9.17, 15) is 29.4 Å². The molecule has 3 atom stereocenters. The molecule has 4 aromatic rings. The van der Waals surface area contributed by atoms with Crippen LogP contribution in [0.5, 0.6) is 0 Å². The van der Waals surface area contributed by atoms with Gasteiger partial charge in [0.1, 0.15) is 5.60 Å². The molecule has 1 aliphatic heterocycles. The molecule has 0 unspecified atom stereocenters. The molecule has 1 fully saturated rings. The molecule has 58 heavy (non-hydrogen) atoms. The summed E-state index contributed by atoms with van der Waals surface area (Å²) < 4.78 is 16.1. The van der Waals surface area contributed by atoms with E-state index >= 15 is 0 Å². The lowest BCUT2D eigenvalue weighted by Crippen LogP contribution is -2.55. The summed E-state index contributed by atoms with van der Waals surface area (Å²) in [5.41, 5.74) is 3.19. The van der Waals surface area contributed by atoms with E-state index in [4.69, 9.17) is 14.2 Å². The van der Waals surface area contributed by atoms with Crippen molar-refractivity contribution in [2.45, 2.75) is 97.6 Å². The molecule has 1 aliphatic rings. The Morgan fingerprint density at radius 3 is 1.48 bits per heavy atom. The summed E-state index contributed by atoms with van der Waals surface area (Å²) in [5, 5.41) is 24.7. The Morgan fingerprint density at radius 1 is 0.690 bits per heavy atom. The number of nitrogens with one attached hydrogen (secondary N) is 2. The van der Waals surface area contributed by atoms with E-state index in [0.717, 1.165) is 27.8 Å². The summed E-state index contributed by atoms with van der Waals surface area (Å²) in [6.07, 6.45) is 0.846. The van der Waals surface area contributed by atoms with Gasteiger partial charge in [-0.05, 0) is 101 Å². The lowest BCUT2D eigenvalue weighted by atomic mass is 9.81. The minimum atomic E-state index is -1.56. The van der Waals surface area contributed by atoms with Crippen molar-refractivity contribution in [1.29, 1.82) is 0 Å². The molecule has 0 bridgehead atoms. The quantitative estimate of drug-likeness (QED) is 0.0728. The van der Waals surface area contributed by atoms with Crippen LogP contribution in [0.15, 0.2) is 109 Å². The number of likely N-dealkylation sites (N-methyl/N-ethyl adjacent to an activating group) is 1. The fourth-order valence-electron chi connectivity index (χ4n) is 6.62. The van der Waals surface area contributed by atoms with Crippen molar-refractivity contribution in [2.75, 3.05) is 13.7 Å². The number of hydrogen-bond acceptors (Lipinski definition) is 9. The topological polar surface area (TPSA) is 160 Å². The van der Waals surface area contributed by atoms with Gasteiger partial charge >= 0.3 is 24.0 Å². The highest BCUT2D eigenvalue weighted by atomic mass is 16.7. The molecular weight excluding hydrogens is 737 g/mol. The average molecular weight is 795 g/mol. The Morgan fingerprint density at radius 2 is 1.10 bits per heavy atom. The fourth-order valence-corrected chi connectivity index (χ4v) is 6.62. The zero-order chi connectivity index (χ0) is 42.7. The van der Waals surface area contributed by atoms with Crippen LogP contribution in [0.4, 0.5) is 4.79 Å². The number of alkyl carbamates (subject to hydrolysis) is 1. The van der Waals surface area contributed by atoms with Gasteiger partial charge in [0.15, 0.2) is 5.41 Å². The van der Waals surface area contributed by atoms with Gasteiger partial charge in [-0.3, -0.25) is 14.4 Å². The van der Waals surface area contributed by atoms with Crippen LogP contribution in [0.1, 0.15) is 72.4 Å². The molecule has 1 heterocycles. The van der Waals surface area contributed by atoms with E-state index in [1.165, 1.54) is 26.3 Å². The molecule has 1 amide bonds. The van der Waals surface area contributed by atoms with Gasteiger partial charge in [-0.25, -0.2) is 4.79 Å². The number of carboxylic acids is 1. The van der Waals surface area contributed by atoms with Crippen molar-refractivity contribution in [1.82, 2.24) is 10.6 Å². The summed E-state index contributed by atoms with van der Waals surface area (Å²) in [5.74, 6) is -3.65. The first-order valence-corrected chi connectivity index (χ1v) is 19.5. The number of aliphatic hydroxyl groups excluding tert-OH is 1. The van der Waals surface area contributed by atoms with Crippen LogP contribution in [-0.4, -0.2) is 71.3 Å². The highest BCUT2D eigenvalue weighted by Gasteiger charge is 2.54. The molecule has 11 nitrogen and oxygen atoms in total. The third-order valence-electron chi connectivity index (χ3n) is 10.0. The lowest BCUT2D eigenvalue weighted by Gasteiger charge is -2.39. The summed E-state index contributed by atoms with van der Waals surface area (Å²) >= 11 is 0. The molecule has 11 heteroatoms.